The fraction of sp³-hybridized carbons (Fsp3) is 0.538. The highest BCUT2D eigenvalue weighted by Crippen LogP contribution is 2.10. The van der Waals surface area contributed by atoms with Crippen molar-refractivity contribution in [1.82, 2.24) is 9.88 Å². The lowest BCUT2D eigenvalue weighted by atomic mass is 10.2. The summed E-state index contributed by atoms with van der Waals surface area (Å²) in [6.45, 7) is 6.10. The summed E-state index contributed by atoms with van der Waals surface area (Å²) in [4.78, 5) is 17.6. The number of nitrogens with one attached hydrogen (secondary N) is 1. The van der Waals surface area contributed by atoms with Gasteiger partial charge in [0.15, 0.2) is 0 Å². The molecular weight excluding hydrogens is 228 g/mol. The van der Waals surface area contributed by atoms with Crippen LogP contribution in [0.25, 0.3) is 0 Å². The standard InChI is InChI=1S/C13H22N4O/c1-10(2)17(3)9-5-8-16-13-11(12(14)18)6-4-7-15-13/h4,6-7,10H,5,8-9H2,1-3H3,(H2,14,18)(H,15,16). The van der Waals surface area contributed by atoms with Gasteiger partial charge in [-0.1, -0.05) is 0 Å². The third-order valence-corrected chi connectivity index (χ3v) is 2.93. The van der Waals surface area contributed by atoms with Crippen LogP contribution in [0.2, 0.25) is 0 Å². The fourth-order valence-corrected chi connectivity index (χ4v) is 1.54. The maximum absolute atomic E-state index is 11.2. The molecule has 18 heavy (non-hydrogen) atoms. The van der Waals surface area contributed by atoms with Crippen LogP contribution in [0.5, 0.6) is 0 Å². The molecule has 0 spiro atoms. The normalized spacial score (nSPS) is 10.9. The molecule has 0 aliphatic rings. The van der Waals surface area contributed by atoms with E-state index in [1.165, 1.54) is 0 Å². The lowest BCUT2D eigenvalue weighted by molar-refractivity contribution is 0.100. The quantitative estimate of drug-likeness (QED) is 0.716. The van der Waals surface area contributed by atoms with Crippen molar-refractivity contribution in [2.45, 2.75) is 26.3 Å². The van der Waals surface area contributed by atoms with Gasteiger partial charge in [0.2, 0.25) is 0 Å². The van der Waals surface area contributed by atoms with E-state index in [4.69, 9.17) is 5.73 Å². The zero-order chi connectivity index (χ0) is 13.5. The average Bonchev–Trinajstić information content (AvgIpc) is 2.34. The lowest BCUT2D eigenvalue weighted by Gasteiger charge is -2.20. The zero-order valence-electron chi connectivity index (χ0n) is 11.3. The van der Waals surface area contributed by atoms with Crippen molar-refractivity contribution < 1.29 is 4.79 Å². The molecule has 0 atom stereocenters. The predicted octanol–water partition coefficient (Wildman–Crippen LogP) is 1.32. The number of carbonyl (C=O) groups is 1. The fourth-order valence-electron chi connectivity index (χ4n) is 1.54. The number of nitrogens with zero attached hydrogens (tertiary/aromatic N) is 2. The summed E-state index contributed by atoms with van der Waals surface area (Å²) in [5.41, 5.74) is 5.72. The molecule has 0 aliphatic heterocycles. The molecule has 3 N–H and O–H groups in total. The highest BCUT2D eigenvalue weighted by atomic mass is 16.1. The average molecular weight is 250 g/mol. The number of aromatic nitrogens is 1. The molecule has 0 saturated carbocycles. The van der Waals surface area contributed by atoms with E-state index in [0.29, 0.717) is 17.4 Å². The number of primary amides is 1. The summed E-state index contributed by atoms with van der Waals surface area (Å²) in [7, 11) is 2.10. The number of anilines is 1. The second-order valence-corrected chi connectivity index (χ2v) is 4.62. The molecule has 1 heterocycles. The molecule has 0 unspecified atom stereocenters. The number of nitrogens with two attached hydrogens (primary N) is 1. The highest BCUT2D eigenvalue weighted by Gasteiger charge is 2.08. The maximum atomic E-state index is 11.2. The van der Waals surface area contributed by atoms with Gasteiger partial charge in [0, 0.05) is 18.8 Å². The van der Waals surface area contributed by atoms with E-state index in [9.17, 15) is 4.79 Å². The third-order valence-electron chi connectivity index (χ3n) is 2.93. The second kappa shape index (κ2) is 6.96. The smallest absolute Gasteiger partial charge is 0.252 e. The first-order valence-corrected chi connectivity index (χ1v) is 6.21. The minimum Gasteiger partial charge on any atom is -0.369 e. The molecule has 0 radical (unpaired) electrons. The topological polar surface area (TPSA) is 71.2 Å². The van der Waals surface area contributed by atoms with Crippen LogP contribution >= 0.6 is 0 Å². The van der Waals surface area contributed by atoms with Crippen LogP contribution in [-0.4, -0.2) is 42.0 Å². The van der Waals surface area contributed by atoms with Crippen molar-refractivity contribution in [1.29, 1.82) is 0 Å². The Bertz CT molecular complexity index is 392. The molecule has 0 fully saturated rings. The Hall–Kier alpha value is -1.62. The molecule has 0 aromatic carbocycles. The maximum Gasteiger partial charge on any atom is 0.252 e. The first kappa shape index (κ1) is 14.4. The minimum absolute atomic E-state index is 0.440. The van der Waals surface area contributed by atoms with Crippen molar-refractivity contribution >= 4 is 11.7 Å². The summed E-state index contributed by atoms with van der Waals surface area (Å²) >= 11 is 0. The molecule has 1 aromatic heterocycles. The molecule has 5 heteroatoms. The van der Waals surface area contributed by atoms with Gasteiger partial charge in [-0.25, -0.2) is 4.98 Å². The molecule has 5 nitrogen and oxygen atoms in total. The van der Waals surface area contributed by atoms with E-state index in [2.05, 4.69) is 36.1 Å². The Kier molecular flexibility index (Phi) is 5.58. The Morgan fingerprint density at radius 1 is 1.56 bits per heavy atom. The van der Waals surface area contributed by atoms with E-state index in [1.807, 2.05) is 0 Å². The van der Waals surface area contributed by atoms with E-state index >= 15 is 0 Å². The van der Waals surface area contributed by atoms with Gasteiger partial charge in [0.25, 0.3) is 5.91 Å². The van der Waals surface area contributed by atoms with Crippen molar-refractivity contribution in [3.8, 4) is 0 Å². The van der Waals surface area contributed by atoms with Gasteiger partial charge < -0.3 is 16.0 Å². The molecule has 1 rings (SSSR count). The SMILES string of the molecule is CC(C)N(C)CCCNc1ncccc1C(N)=O. The van der Waals surface area contributed by atoms with Gasteiger partial charge >= 0.3 is 0 Å². The number of rotatable bonds is 7. The van der Waals surface area contributed by atoms with Crippen molar-refractivity contribution in [2.24, 2.45) is 5.73 Å². The summed E-state index contributed by atoms with van der Waals surface area (Å²) in [5, 5.41) is 3.15. The van der Waals surface area contributed by atoms with Gasteiger partial charge in [-0.15, -0.1) is 0 Å². The Labute approximate surface area is 108 Å². The highest BCUT2D eigenvalue weighted by molar-refractivity contribution is 5.97. The Balaban J connectivity index is 2.42. The summed E-state index contributed by atoms with van der Waals surface area (Å²) in [5.74, 6) is 0.113. The summed E-state index contributed by atoms with van der Waals surface area (Å²) < 4.78 is 0. The van der Waals surface area contributed by atoms with Gasteiger partial charge in [0.1, 0.15) is 5.82 Å². The van der Waals surface area contributed by atoms with Crippen LogP contribution in [0.15, 0.2) is 18.3 Å². The predicted molar refractivity (Wildman–Crippen MR) is 73.6 cm³/mol. The van der Waals surface area contributed by atoms with Gasteiger partial charge in [0.05, 0.1) is 5.56 Å². The summed E-state index contributed by atoms with van der Waals surface area (Å²) in [6, 6.07) is 3.93. The number of amides is 1. The molecule has 100 valence electrons. The van der Waals surface area contributed by atoms with Crippen LogP contribution in [0, 0.1) is 0 Å². The van der Waals surface area contributed by atoms with E-state index < -0.39 is 5.91 Å². The minimum atomic E-state index is -0.454. The Morgan fingerprint density at radius 2 is 2.28 bits per heavy atom. The van der Waals surface area contributed by atoms with Crippen LogP contribution in [0.4, 0.5) is 5.82 Å². The molecule has 1 aromatic rings. The van der Waals surface area contributed by atoms with Crippen molar-refractivity contribution in [3.05, 3.63) is 23.9 Å². The van der Waals surface area contributed by atoms with Gasteiger partial charge in [-0.05, 0) is 46.0 Å². The van der Waals surface area contributed by atoms with Gasteiger partial charge in [-0.3, -0.25) is 4.79 Å². The number of carbonyl (C=O) groups excluding carboxylic acids is 1. The van der Waals surface area contributed by atoms with Crippen LogP contribution in [0.3, 0.4) is 0 Å². The number of hydrogen-bond donors (Lipinski definition) is 2. The largest absolute Gasteiger partial charge is 0.369 e. The molecule has 1 amide bonds. The van der Waals surface area contributed by atoms with Crippen LogP contribution < -0.4 is 11.1 Å². The second-order valence-electron chi connectivity index (χ2n) is 4.62. The number of pyridine rings is 1. The van der Waals surface area contributed by atoms with Crippen molar-refractivity contribution in [2.75, 3.05) is 25.5 Å². The van der Waals surface area contributed by atoms with E-state index in [0.717, 1.165) is 19.5 Å². The van der Waals surface area contributed by atoms with E-state index in [1.54, 1.807) is 18.3 Å². The lowest BCUT2D eigenvalue weighted by Crippen LogP contribution is -2.28. The first-order valence-electron chi connectivity index (χ1n) is 6.21. The zero-order valence-corrected chi connectivity index (χ0v) is 11.3. The van der Waals surface area contributed by atoms with Crippen LogP contribution in [0.1, 0.15) is 30.6 Å². The first-order chi connectivity index (χ1) is 8.52. The van der Waals surface area contributed by atoms with Gasteiger partial charge in [-0.2, -0.15) is 0 Å². The number of hydrogen-bond acceptors (Lipinski definition) is 4. The molecule has 0 bridgehead atoms. The molecule has 0 saturated heterocycles. The Morgan fingerprint density at radius 3 is 2.89 bits per heavy atom. The van der Waals surface area contributed by atoms with E-state index in [-0.39, 0.29) is 0 Å². The van der Waals surface area contributed by atoms with Crippen molar-refractivity contribution in [3.63, 3.8) is 0 Å². The summed E-state index contributed by atoms with van der Waals surface area (Å²) in [6.07, 6.45) is 2.64. The third kappa shape index (κ3) is 4.33. The monoisotopic (exact) mass is 250 g/mol. The molecule has 0 aliphatic carbocycles. The van der Waals surface area contributed by atoms with Crippen LogP contribution in [-0.2, 0) is 0 Å². The molecular formula is C13H22N4O.